The predicted molar refractivity (Wildman–Crippen MR) is 110 cm³/mol. The van der Waals surface area contributed by atoms with Crippen molar-refractivity contribution in [2.45, 2.75) is 121 Å². The molecule has 0 unspecified atom stereocenters. The zero-order chi connectivity index (χ0) is 49.0. The number of alkyl halides is 36. The molecule has 0 bridgehead atoms. The van der Waals surface area contributed by atoms with Crippen molar-refractivity contribution in [2.24, 2.45) is 0 Å². The van der Waals surface area contributed by atoms with E-state index in [2.05, 4.69) is 0 Å². The molecule has 0 N–H and O–H groups in total. The molecule has 0 aliphatic carbocycles. The van der Waals surface area contributed by atoms with Gasteiger partial charge in [-0.15, -0.1) is 0 Å². The standard InChI is InChI=1S/C17F36.C3H9OSi/c18-1(19,2(20,21)4(24,25)6(28,29)8(32,33)10(36,37)12(40,41)14(44,45)16(48,49)50)3(22,23)5(26,27)7(30,31)9(34,35)11(38,39)13(42,43)15(46,47)17(51,52)53;1-5(2,3)4/h;1-3H3. The Bertz CT molecular complexity index is 1330. The minimum atomic E-state index is -10.4. The lowest BCUT2D eigenvalue weighted by Gasteiger charge is -2.46. The first kappa shape index (κ1) is 57.8. The molecule has 351 valence electrons. The van der Waals surface area contributed by atoms with Gasteiger partial charge >= 0.3 is 101 Å². The summed E-state index contributed by atoms with van der Waals surface area (Å²) in [6.45, 7) is 5.31. The Kier molecular flexibility index (Phi) is 14.0. The van der Waals surface area contributed by atoms with Crippen molar-refractivity contribution in [1.29, 1.82) is 0 Å². The molecule has 0 aromatic carbocycles. The van der Waals surface area contributed by atoms with Crippen LogP contribution in [-0.2, 0) is 4.80 Å². The van der Waals surface area contributed by atoms with E-state index in [1.807, 2.05) is 0 Å². The van der Waals surface area contributed by atoms with E-state index < -0.39 is 110 Å². The van der Waals surface area contributed by atoms with Crippen LogP contribution < -0.4 is 0 Å². The minimum absolute atomic E-state index is 1.77. The molecular weight excluding hydrogens is 968 g/mol. The van der Waals surface area contributed by atoms with Crippen molar-refractivity contribution in [3.05, 3.63) is 0 Å². The van der Waals surface area contributed by atoms with Gasteiger partial charge in [-0.2, -0.15) is 158 Å². The maximum Gasteiger partial charge on any atom is 0.460 e. The minimum Gasteiger partial charge on any atom is -0.298 e. The first-order valence-corrected chi connectivity index (χ1v) is 15.9. The lowest BCUT2D eigenvalue weighted by molar-refractivity contribution is -0.493. The summed E-state index contributed by atoms with van der Waals surface area (Å²) in [5.74, 6) is -148. The molecule has 58 heavy (non-hydrogen) atoms. The Balaban J connectivity index is 0. The Morgan fingerprint density at radius 2 is 0.241 bits per heavy atom. The maximum absolute atomic E-state index is 13.7. The van der Waals surface area contributed by atoms with E-state index in [0.29, 0.717) is 0 Å². The molecule has 0 aliphatic heterocycles. The van der Waals surface area contributed by atoms with E-state index in [4.69, 9.17) is 0 Å². The monoisotopic (exact) mass is 977 g/mol. The number of rotatable bonds is 14. The van der Waals surface area contributed by atoms with Crippen molar-refractivity contribution < 1.29 is 163 Å². The van der Waals surface area contributed by atoms with E-state index in [-0.39, 0.29) is 0 Å². The van der Waals surface area contributed by atoms with Gasteiger partial charge in [0.1, 0.15) is 0 Å². The van der Waals surface area contributed by atoms with Gasteiger partial charge in [-0.25, -0.2) is 0 Å². The first-order valence-electron chi connectivity index (χ1n) is 12.5. The van der Waals surface area contributed by atoms with Gasteiger partial charge in [0.25, 0.3) is 0 Å². The molecule has 0 rings (SSSR count). The molecule has 0 amide bonds. The summed E-state index contributed by atoms with van der Waals surface area (Å²) in [6, 6.07) is 0. The van der Waals surface area contributed by atoms with E-state index in [1.165, 1.54) is 0 Å². The van der Waals surface area contributed by atoms with Crippen molar-refractivity contribution in [1.82, 2.24) is 0 Å². The normalized spacial score (nSPS) is 17.0. The van der Waals surface area contributed by atoms with Gasteiger partial charge in [0.15, 0.2) is 0 Å². The van der Waals surface area contributed by atoms with E-state index in [9.17, 15) is 163 Å². The van der Waals surface area contributed by atoms with Crippen LogP contribution in [-0.4, -0.2) is 110 Å². The van der Waals surface area contributed by atoms with Crippen molar-refractivity contribution in [3.8, 4) is 0 Å². The van der Waals surface area contributed by atoms with E-state index in [1.54, 1.807) is 19.6 Å². The van der Waals surface area contributed by atoms with Crippen LogP contribution in [0.15, 0.2) is 0 Å². The average molecular weight is 977 g/mol. The van der Waals surface area contributed by atoms with Gasteiger partial charge in [-0.3, -0.25) is 4.80 Å². The molecule has 0 saturated carbocycles. The Labute approximate surface area is 293 Å². The highest BCUT2D eigenvalue weighted by Gasteiger charge is 3.02. The largest absolute Gasteiger partial charge is 0.460 e. The molecule has 0 aliphatic rings. The molecular formula is C20H9F36OSi. The smallest absolute Gasteiger partial charge is 0.298 e. The lowest BCUT2D eigenvalue weighted by atomic mass is 9.82. The van der Waals surface area contributed by atoms with Crippen molar-refractivity contribution in [2.75, 3.05) is 0 Å². The van der Waals surface area contributed by atoms with Gasteiger partial charge in [0.05, 0.1) is 0 Å². The molecule has 1 radical (unpaired) electrons. The second-order valence-corrected chi connectivity index (χ2v) is 15.9. The van der Waals surface area contributed by atoms with Crippen LogP contribution in [0.1, 0.15) is 0 Å². The van der Waals surface area contributed by atoms with Gasteiger partial charge in [-0.05, 0) is 19.6 Å². The SMILES string of the molecule is C[Si](C)(C)[O].FC(F)(F)C(F)(F)C(F)(F)C(F)(F)C(F)(F)C(F)(F)C(F)(F)C(F)(F)C(F)(F)C(F)(F)C(F)(F)C(F)(F)C(F)(F)C(F)(F)C(F)(F)C(F)(F)C(F)(F)F. The fraction of sp³-hybridized carbons (Fsp3) is 1.00. The summed E-state index contributed by atoms with van der Waals surface area (Å²) >= 11 is 0. The van der Waals surface area contributed by atoms with Crippen LogP contribution >= 0.6 is 0 Å². The van der Waals surface area contributed by atoms with Crippen LogP contribution in [0.2, 0.25) is 19.6 Å². The van der Waals surface area contributed by atoms with E-state index >= 15 is 0 Å². The summed E-state index contributed by atoms with van der Waals surface area (Å²) in [6.07, 6.45) is -16.9. The Morgan fingerprint density at radius 1 is 0.190 bits per heavy atom. The number of halogens is 36. The molecule has 0 spiro atoms. The highest BCUT2D eigenvalue weighted by atomic mass is 28.4. The third kappa shape index (κ3) is 7.41. The van der Waals surface area contributed by atoms with Crippen molar-refractivity contribution in [3.63, 3.8) is 0 Å². The molecule has 0 aromatic heterocycles. The zero-order valence-corrected chi connectivity index (χ0v) is 27.0. The lowest BCUT2D eigenvalue weighted by Crippen LogP contribution is -2.80. The molecule has 0 fully saturated rings. The number of hydrogen-bond donors (Lipinski definition) is 0. The summed E-state index contributed by atoms with van der Waals surface area (Å²) in [5, 5.41) is 0. The summed E-state index contributed by atoms with van der Waals surface area (Å²) < 4.78 is 474. The molecule has 0 atom stereocenters. The van der Waals surface area contributed by atoms with Crippen LogP contribution in [0.4, 0.5) is 158 Å². The van der Waals surface area contributed by atoms with Crippen LogP contribution in [0.3, 0.4) is 0 Å². The summed E-state index contributed by atoms with van der Waals surface area (Å²) in [7, 11) is -1.86. The van der Waals surface area contributed by atoms with Gasteiger partial charge in [-0.1, -0.05) is 0 Å². The predicted octanol–water partition coefficient (Wildman–Crippen LogP) is 12.9. The molecule has 38 heteroatoms. The highest BCUT2D eigenvalue weighted by Crippen LogP contribution is 2.70. The summed E-state index contributed by atoms with van der Waals surface area (Å²) in [5.41, 5.74) is 0. The third-order valence-corrected chi connectivity index (χ3v) is 6.23. The molecule has 0 heterocycles. The highest BCUT2D eigenvalue weighted by molar-refractivity contribution is 6.68. The second kappa shape index (κ2) is 14.1. The summed E-state index contributed by atoms with van der Waals surface area (Å²) in [4.78, 5) is 10.2. The maximum atomic E-state index is 13.7. The topological polar surface area (TPSA) is 19.9 Å². The van der Waals surface area contributed by atoms with E-state index in [0.717, 1.165) is 0 Å². The molecule has 1 nitrogen and oxygen atoms in total. The zero-order valence-electron chi connectivity index (χ0n) is 26.0. The van der Waals surface area contributed by atoms with Gasteiger partial charge < -0.3 is 0 Å². The van der Waals surface area contributed by atoms with Crippen LogP contribution in [0.25, 0.3) is 0 Å². The molecule has 0 aromatic rings. The molecule has 0 saturated heterocycles. The van der Waals surface area contributed by atoms with Crippen LogP contribution in [0.5, 0.6) is 0 Å². The fourth-order valence-electron chi connectivity index (χ4n) is 2.92. The quantitative estimate of drug-likeness (QED) is 0.122. The second-order valence-electron chi connectivity index (χ2n) is 11.7. The van der Waals surface area contributed by atoms with Gasteiger partial charge in [0.2, 0.25) is 8.32 Å². The first-order chi connectivity index (χ1) is 24.0. The third-order valence-electron chi connectivity index (χ3n) is 6.23. The fourth-order valence-corrected chi connectivity index (χ4v) is 2.92. The van der Waals surface area contributed by atoms with Gasteiger partial charge in [0, 0.05) is 0 Å². The Morgan fingerprint density at radius 3 is 0.293 bits per heavy atom. The number of hydrogen-bond acceptors (Lipinski definition) is 0. The van der Waals surface area contributed by atoms with Crippen molar-refractivity contribution >= 4 is 8.32 Å². The average Bonchev–Trinajstić information content (AvgIpc) is 2.93. The Hall–Kier alpha value is -2.34. The van der Waals surface area contributed by atoms with Crippen LogP contribution in [0, 0.1) is 0 Å².